The largest absolute Gasteiger partial charge is 0.480 e. The molecule has 1 heterocycles. The first-order valence-electron chi connectivity index (χ1n) is 4.91. The highest BCUT2D eigenvalue weighted by molar-refractivity contribution is 7.80. The molecule has 90 valence electrons. The third-order valence-corrected chi connectivity index (χ3v) is 2.62. The molecule has 16 heavy (non-hydrogen) atoms. The highest BCUT2D eigenvalue weighted by Crippen LogP contribution is 2.15. The SMILES string of the molecule is C[C@H]1NC(=O)C[C@@H](C(=O)O)N1C(=O)CCS. The summed E-state index contributed by atoms with van der Waals surface area (Å²) in [6.07, 6.45) is -0.625. The summed E-state index contributed by atoms with van der Waals surface area (Å²) in [5.74, 6) is -1.47. The second kappa shape index (κ2) is 5.20. The van der Waals surface area contributed by atoms with Crippen molar-refractivity contribution in [3.8, 4) is 0 Å². The van der Waals surface area contributed by atoms with Crippen molar-refractivity contribution in [2.75, 3.05) is 5.75 Å². The van der Waals surface area contributed by atoms with Crippen molar-refractivity contribution in [3.05, 3.63) is 0 Å². The zero-order valence-corrected chi connectivity index (χ0v) is 9.74. The molecule has 0 unspecified atom stereocenters. The lowest BCUT2D eigenvalue weighted by Gasteiger charge is -2.38. The van der Waals surface area contributed by atoms with Crippen LogP contribution in [-0.2, 0) is 14.4 Å². The number of carboxylic acid groups (broad SMARTS) is 1. The Morgan fingerprint density at radius 1 is 1.62 bits per heavy atom. The highest BCUT2D eigenvalue weighted by atomic mass is 32.1. The van der Waals surface area contributed by atoms with Gasteiger partial charge >= 0.3 is 5.97 Å². The van der Waals surface area contributed by atoms with Gasteiger partial charge in [0.15, 0.2) is 0 Å². The molecule has 2 atom stereocenters. The summed E-state index contributed by atoms with van der Waals surface area (Å²) in [5.41, 5.74) is 0. The minimum Gasteiger partial charge on any atom is -0.480 e. The molecule has 0 saturated carbocycles. The van der Waals surface area contributed by atoms with Crippen LogP contribution in [0.5, 0.6) is 0 Å². The Balaban J connectivity index is 2.87. The number of aliphatic carboxylic acids is 1. The molecule has 0 spiro atoms. The number of hydrogen-bond donors (Lipinski definition) is 3. The third kappa shape index (κ3) is 2.66. The lowest BCUT2D eigenvalue weighted by atomic mass is 10.1. The van der Waals surface area contributed by atoms with Crippen LogP contribution in [0.25, 0.3) is 0 Å². The van der Waals surface area contributed by atoms with Crippen molar-refractivity contribution in [2.24, 2.45) is 0 Å². The third-order valence-electron chi connectivity index (χ3n) is 2.40. The van der Waals surface area contributed by atoms with Gasteiger partial charge in [0.2, 0.25) is 11.8 Å². The molecule has 1 saturated heterocycles. The number of thiol groups is 1. The Bertz CT molecular complexity index is 321. The van der Waals surface area contributed by atoms with E-state index in [2.05, 4.69) is 17.9 Å². The van der Waals surface area contributed by atoms with Crippen LogP contribution in [0.1, 0.15) is 19.8 Å². The molecule has 1 aliphatic rings. The number of hydrogen-bond acceptors (Lipinski definition) is 4. The molecule has 0 aliphatic carbocycles. The van der Waals surface area contributed by atoms with Gasteiger partial charge in [0.25, 0.3) is 0 Å². The van der Waals surface area contributed by atoms with E-state index in [1.165, 1.54) is 4.90 Å². The maximum atomic E-state index is 11.7. The molecule has 0 bridgehead atoms. The van der Waals surface area contributed by atoms with Gasteiger partial charge in [0.05, 0.1) is 6.42 Å². The topological polar surface area (TPSA) is 86.7 Å². The van der Waals surface area contributed by atoms with Gasteiger partial charge in [-0.15, -0.1) is 0 Å². The fraction of sp³-hybridized carbons (Fsp3) is 0.667. The van der Waals surface area contributed by atoms with Crippen molar-refractivity contribution >= 4 is 30.4 Å². The van der Waals surface area contributed by atoms with Crippen molar-refractivity contribution in [3.63, 3.8) is 0 Å². The number of carbonyl (C=O) groups excluding carboxylic acids is 2. The number of nitrogens with zero attached hydrogens (tertiary/aromatic N) is 1. The molecule has 0 radical (unpaired) electrons. The summed E-state index contributed by atoms with van der Waals surface area (Å²) >= 11 is 3.93. The smallest absolute Gasteiger partial charge is 0.327 e. The first-order chi connectivity index (χ1) is 7.47. The molecule has 0 aromatic rings. The molecule has 7 heteroatoms. The zero-order valence-electron chi connectivity index (χ0n) is 8.84. The Kier molecular flexibility index (Phi) is 4.17. The van der Waals surface area contributed by atoms with Gasteiger partial charge in [0, 0.05) is 6.42 Å². The first kappa shape index (κ1) is 12.8. The van der Waals surface area contributed by atoms with E-state index in [-0.39, 0.29) is 24.7 Å². The summed E-state index contributed by atoms with van der Waals surface area (Å²) in [6, 6.07) is -1.07. The predicted molar refractivity (Wildman–Crippen MR) is 59.0 cm³/mol. The van der Waals surface area contributed by atoms with Gasteiger partial charge in [-0.05, 0) is 12.7 Å². The van der Waals surface area contributed by atoms with E-state index >= 15 is 0 Å². The molecular weight excluding hydrogens is 232 g/mol. The Morgan fingerprint density at radius 3 is 2.75 bits per heavy atom. The van der Waals surface area contributed by atoms with Gasteiger partial charge < -0.3 is 15.3 Å². The lowest BCUT2D eigenvalue weighted by Crippen LogP contribution is -2.61. The van der Waals surface area contributed by atoms with Crippen molar-refractivity contribution in [1.82, 2.24) is 10.2 Å². The maximum absolute atomic E-state index is 11.7. The van der Waals surface area contributed by atoms with E-state index in [9.17, 15) is 14.4 Å². The molecule has 0 aromatic carbocycles. The molecule has 1 rings (SSSR count). The average Bonchev–Trinajstić information content (AvgIpc) is 2.16. The van der Waals surface area contributed by atoms with Crippen LogP contribution in [0.4, 0.5) is 0 Å². The second-order valence-electron chi connectivity index (χ2n) is 3.58. The number of carboxylic acids is 1. The normalized spacial score (nSPS) is 25.1. The van der Waals surface area contributed by atoms with Crippen LogP contribution < -0.4 is 5.32 Å². The van der Waals surface area contributed by atoms with Crippen LogP contribution in [-0.4, -0.2) is 45.8 Å². The lowest BCUT2D eigenvalue weighted by molar-refractivity contribution is -0.158. The first-order valence-corrected chi connectivity index (χ1v) is 5.54. The number of amides is 2. The van der Waals surface area contributed by atoms with Crippen LogP contribution in [0.2, 0.25) is 0 Å². The quantitative estimate of drug-likeness (QED) is 0.583. The van der Waals surface area contributed by atoms with E-state index in [0.29, 0.717) is 5.75 Å². The maximum Gasteiger partial charge on any atom is 0.327 e. The molecule has 2 amide bonds. The van der Waals surface area contributed by atoms with Crippen LogP contribution >= 0.6 is 12.6 Å². The van der Waals surface area contributed by atoms with Crippen molar-refractivity contribution in [2.45, 2.75) is 32.0 Å². The standard InChI is InChI=1S/C9H14N2O4S/c1-5-10-7(12)4-6(9(14)15)11(5)8(13)2-3-16/h5-6,16H,2-4H2,1H3,(H,10,12)(H,14,15)/t5-,6-/m0/s1. The zero-order chi connectivity index (χ0) is 12.3. The van der Waals surface area contributed by atoms with Gasteiger partial charge in [-0.2, -0.15) is 12.6 Å². The Morgan fingerprint density at radius 2 is 2.25 bits per heavy atom. The average molecular weight is 246 g/mol. The minimum absolute atomic E-state index is 0.160. The van der Waals surface area contributed by atoms with Gasteiger partial charge in [-0.3, -0.25) is 9.59 Å². The number of carbonyl (C=O) groups is 3. The number of rotatable bonds is 3. The van der Waals surface area contributed by atoms with Crippen LogP contribution in [0.15, 0.2) is 0 Å². The van der Waals surface area contributed by atoms with E-state index in [0.717, 1.165) is 0 Å². The summed E-state index contributed by atoms with van der Waals surface area (Å²) < 4.78 is 0. The van der Waals surface area contributed by atoms with Crippen LogP contribution in [0.3, 0.4) is 0 Å². The summed E-state index contributed by atoms with van der Waals surface area (Å²) in [7, 11) is 0. The van der Waals surface area contributed by atoms with E-state index in [1.807, 2.05) is 0 Å². The summed E-state index contributed by atoms with van der Waals surface area (Å²) in [6.45, 7) is 1.59. The Hall–Kier alpha value is -1.24. The summed E-state index contributed by atoms with van der Waals surface area (Å²) in [5, 5.41) is 11.5. The van der Waals surface area contributed by atoms with E-state index < -0.39 is 18.2 Å². The van der Waals surface area contributed by atoms with Crippen LogP contribution in [0, 0.1) is 0 Å². The van der Waals surface area contributed by atoms with E-state index in [4.69, 9.17) is 5.11 Å². The molecule has 0 aromatic heterocycles. The second-order valence-corrected chi connectivity index (χ2v) is 4.02. The molecule has 1 aliphatic heterocycles. The summed E-state index contributed by atoms with van der Waals surface area (Å²) in [4.78, 5) is 35.0. The molecule has 6 nitrogen and oxygen atoms in total. The highest BCUT2D eigenvalue weighted by Gasteiger charge is 2.38. The van der Waals surface area contributed by atoms with Crippen molar-refractivity contribution in [1.29, 1.82) is 0 Å². The fourth-order valence-electron chi connectivity index (χ4n) is 1.73. The minimum atomic E-state index is -1.16. The van der Waals surface area contributed by atoms with E-state index in [1.54, 1.807) is 6.92 Å². The molecule has 2 N–H and O–H groups in total. The fourth-order valence-corrected chi connectivity index (χ4v) is 1.92. The monoisotopic (exact) mass is 246 g/mol. The van der Waals surface area contributed by atoms with Crippen molar-refractivity contribution < 1.29 is 19.5 Å². The van der Waals surface area contributed by atoms with Gasteiger partial charge in [-0.25, -0.2) is 4.79 Å². The number of nitrogens with one attached hydrogen (secondary N) is 1. The molecular formula is C9H14N2O4S. The van der Waals surface area contributed by atoms with Gasteiger partial charge in [0.1, 0.15) is 12.2 Å². The molecule has 1 fully saturated rings. The predicted octanol–water partition coefficient (Wildman–Crippen LogP) is -0.546. The Labute approximate surface area is 98.4 Å². The van der Waals surface area contributed by atoms with Gasteiger partial charge in [-0.1, -0.05) is 0 Å².